The van der Waals surface area contributed by atoms with Gasteiger partial charge in [0, 0.05) is 29.2 Å². The number of rotatable bonds is 7. The maximum Gasteiger partial charge on any atom is 0.0109 e. The third kappa shape index (κ3) is 5.87. The molecule has 8 bridgehead atoms. The molecule has 0 spiro atoms. The minimum atomic E-state index is 0. The van der Waals surface area contributed by atoms with E-state index < -0.39 is 0 Å². The molecule has 2 N–H and O–H groups in total. The van der Waals surface area contributed by atoms with Crippen LogP contribution in [0.3, 0.4) is 0 Å². The van der Waals surface area contributed by atoms with Gasteiger partial charge in [-0.1, -0.05) is 7.92 Å². The molecule has 2 aliphatic heterocycles. The van der Waals surface area contributed by atoms with Crippen LogP contribution in [0.1, 0.15) is 101 Å². The van der Waals surface area contributed by atoms with E-state index in [9.17, 15) is 0 Å². The van der Waals surface area contributed by atoms with Crippen molar-refractivity contribution in [2.45, 2.75) is 125 Å². The Hall–Kier alpha value is -0.000519. The van der Waals surface area contributed by atoms with Crippen LogP contribution in [0.4, 0.5) is 0 Å². The SMILES string of the molecule is PC([c-]1cccc1CP(C1C2CC3CC(C2)CC1C3)C1C2CC3CC(C2)CC1C3)(C1CCCN1)C1CCCN1.[Fe].[cH-]1[cH-][cH-][cH-][cH-]1. The molecular weight excluding hydrogens is 626 g/mol. The zero-order valence-electron chi connectivity index (χ0n) is 27.4. The Bertz CT molecular complexity index is 1110. The fourth-order valence-electron chi connectivity index (χ4n) is 13.6. The average molecular weight is 685 g/mol. The summed E-state index contributed by atoms with van der Waals surface area (Å²) >= 11 is 0. The molecule has 8 aliphatic carbocycles. The van der Waals surface area contributed by atoms with Crippen LogP contribution in [0.25, 0.3) is 0 Å². The molecule has 0 aromatic heterocycles. The molecule has 2 heterocycles. The summed E-state index contributed by atoms with van der Waals surface area (Å²) in [6, 6.07) is 18.9. The molecule has 45 heavy (non-hydrogen) atoms. The van der Waals surface area contributed by atoms with Crippen LogP contribution in [0, 0.1) is 47.3 Å². The summed E-state index contributed by atoms with van der Waals surface area (Å²) in [6.45, 7) is 2.41. The van der Waals surface area contributed by atoms with E-state index in [1.807, 2.05) is 30.3 Å². The summed E-state index contributed by atoms with van der Waals surface area (Å²) in [5, 5.41) is 8.15. The van der Waals surface area contributed by atoms with Crippen molar-refractivity contribution in [3.05, 3.63) is 59.7 Å². The fraction of sp³-hybridized carbons (Fsp3) is 0.750. The Morgan fingerprint density at radius 3 is 1.49 bits per heavy atom. The fourth-order valence-corrected chi connectivity index (χ4v) is 19.1. The summed E-state index contributed by atoms with van der Waals surface area (Å²) < 4.78 is 0. The molecule has 252 valence electrons. The van der Waals surface area contributed by atoms with Crippen molar-refractivity contribution < 1.29 is 17.1 Å². The normalized spacial score (nSPS) is 44.3. The molecule has 0 radical (unpaired) electrons. The van der Waals surface area contributed by atoms with Crippen molar-refractivity contribution >= 4 is 17.2 Å². The maximum absolute atomic E-state index is 4.00. The van der Waals surface area contributed by atoms with Crippen LogP contribution in [0.15, 0.2) is 48.5 Å². The van der Waals surface area contributed by atoms with Crippen molar-refractivity contribution in [1.29, 1.82) is 0 Å². The summed E-state index contributed by atoms with van der Waals surface area (Å²) in [4.78, 5) is 0. The predicted molar refractivity (Wildman–Crippen MR) is 190 cm³/mol. The minimum absolute atomic E-state index is 0. The second-order valence-corrected chi connectivity index (χ2v) is 20.7. The molecule has 0 amide bonds. The Balaban J connectivity index is 0.000000460. The van der Waals surface area contributed by atoms with Crippen LogP contribution in [0.5, 0.6) is 0 Å². The second-order valence-electron chi connectivity index (χ2n) is 17.2. The van der Waals surface area contributed by atoms with E-state index in [0.29, 0.717) is 12.1 Å². The van der Waals surface area contributed by atoms with Crippen LogP contribution in [0.2, 0.25) is 0 Å². The summed E-state index contributed by atoms with van der Waals surface area (Å²) in [5.41, 5.74) is 5.73. The quantitative estimate of drug-likeness (QED) is 0.173. The van der Waals surface area contributed by atoms with Gasteiger partial charge < -0.3 is 41.0 Å². The van der Waals surface area contributed by atoms with E-state index in [1.165, 1.54) is 44.9 Å². The van der Waals surface area contributed by atoms with Gasteiger partial charge in [0.15, 0.2) is 0 Å². The number of hydrogen-bond acceptors (Lipinski definition) is 2. The molecule has 8 saturated carbocycles. The predicted octanol–water partition coefficient (Wildman–Crippen LogP) is 9.01. The minimum Gasteiger partial charge on any atom is -0.748 e. The Morgan fingerprint density at radius 1 is 0.689 bits per heavy atom. The summed E-state index contributed by atoms with van der Waals surface area (Å²) in [6.07, 6.45) is 22.9. The Kier molecular flexibility index (Phi) is 9.57. The van der Waals surface area contributed by atoms with Gasteiger partial charge >= 0.3 is 0 Å². The van der Waals surface area contributed by atoms with E-state index in [1.54, 1.807) is 75.3 Å². The van der Waals surface area contributed by atoms with Gasteiger partial charge in [-0.25, -0.2) is 12.1 Å². The first-order chi connectivity index (χ1) is 21.6. The van der Waals surface area contributed by atoms with Crippen LogP contribution < -0.4 is 10.6 Å². The third-order valence-corrected chi connectivity index (χ3v) is 19.7. The zero-order valence-corrected chi connectivity index (χ0v) is 30.6. The van der Waals surface area contributed by atoms with Gasteiger partial charge in [0.2, 0.25) is 0 Å². The van der Waals surface area contributed by atoms with Gasteiger partial charge in [-0.05, 0) is 173 Å². The monoisotopic (exact) mass is 684 g/mol. The van der Waals surface area contributed by atoms with Gasteiger partial charge in [0.1, 0.15) is 0 Å². The van der Waals surface area contributed by atoms with E-state index >= 15 is 0 Å². The maximum atomic E-state index is 4.00. The molecule has 10 fully saturated rings. The van der Waals surface area contributed by atoms with Crippen molar-refractivity contribution in [1.82, 2.24) is 10.6 Å². The molecule has 2 aromatic carbocycles. The largest absolute Gasteiger partial charge is 0.748 e. The van der Waals surface area contributed by atoms with E-state index in [0.717, 1.165) is 58.7 Å². The molecule has 10 aliphatic rings. The molecule has 2 aromatic rings. The molecule has 12 rings (SSSR count). The number of hydrogen-bond donors (Lipinski definition) is 2. The van der Waals surface area contributed by atoms with Crippen molar-refractivity contribution in [3.63, 3.8) is 0 Å². The van der Waals surface area contributed by atoms with Gasteiger partial charge in [0.05, 0.1) is 0 Å². The first-order valence-electron chi connectivity index (χ1n) is 19.1. The molecule has 2 saturated heterocycles. The van der Waals surface area contributed by atoms with Gasteiger partial charge in [-0.15, -0.1) is 14.8 Å². The van der Waals surface area contributed by atoms with Crippen molar-refractivity contribution in [3.8, 4) is 0 Å². The molecular formula is C40H58FeN2P2-6. The second kappa shape index (κ2) is 13.4. The Morgan fingerprint density at radius 2 is 1.11 bits per heavy atom. The van der Waals surface area contributed by atoms with E-state index in [2.05, 4.69) is 38.1 Å². The zero-order chi connectivity index (χ0) is 29.3. The summed E-state index contributed by atoms with van der Waals surface area (Å²) in [5.74, 6) is 8.80. The molecule has 3 atom stereocenters. The van der Waals surface area contributed by atoms with Gasteiger partial charge in [0.25, 0.3) is 0 Å². The topological polar surface area (TPSA) is 24.1 Å². The first kappa shape index (κ1) is 32.2. The van der Waals surface area contributed by atoms with Crippen LogP contribution in [-0.2, 0) is 28.4 Å². The van der Waals surface area contributed by atoms with E-state index in [4.69, 9.17) is 0 Å². The molecule has 5 heteroatoms. The van der Waals surface area contributed by atoms with Crippen molar-refractivity contribution in [2.75, 3.05) is 13.1 Å². The van der Waals surface area contributed by atoms with Crippen molar-refractivity contribution in [2.24, 2.45) is 47.3 Å². The summed E-state index contributed by atoms with van der Waals surface area (Å²) in [7, 11) is 3.57. The van der Waals surface area contributed by atoms with Crippen LogP contribution in [-0.4, -0.2) is 36.5 Å². The third-order valence-electron chi connectivity index (χ3n) is 14.7. The van der Waals surface area contributed by atoms with Crippen LogP contribution >= 0.6 is 17.2 Å². The first-order valence-corrected chi connectivity index (χ1v) is 21.3. The Labute approximate surface area is 288 Å². The van der Waals surface area contributed by atoms with Gasteiger partial charge in [-0.2, -0.15) is 11.6 Å². The average Bonchev–Trinajstić information content (AvgIpc) is 3.85. The number of nitrogens with one attached hydrogen (secondary N) is 2. The molecule has 2 nitrogen and oxygen atoms in total. The van der Waals surface area contributed by atoms with Gasteiger partial charge in [-0.3, -0.25) is 0 Å². The smallest absolute Gasteiger partial charge is 0.0109 e. The molecule has 3 unspecified atom stereocenters. The standard InChI is InChI=1S/C35H53N2P2.C5H5.Fe/c38-35(31-6-2-8-36-31,32-7-3-9-37-32)30-5-1-4-25(30)20-39(33-26-12-21-10-22(14-26)15-27(33)13-21)34-28-16-23-11-24(18-28)19-29(34)17-23;1-2-4-5-3-1;/h1,4-5,21-24,26-29,31-34,36-37H,2-3,6-20,38H2;1-5H;/q-1;-5;. The van der Waals surface area contributed by atoms with E-state index in [-0.39, 0.29) is 30.1 Å².